The molecule has 0 aromatic carbocycles. The summed E-state index contributed by atoms with van der Waals surface area (Å²) in [5.41, 5.74) is 5.02. The van der Waals surface area contributed by atoms with Gasteiger partial charge >= 0.3 is 5.69 Å². The molecule has 1 unspecified atom stereocenters. The summed E-state index contributed by atoms with van der Waals surface area (Å²) in [6.45, 7) is -1.12. The number of ether oxygens (including phenoxy) is 2. The van der Waals surface area contributed by atoms with Crippen LogP contribution < -0.4 is 11.4 Å². The Balaban J connectivity index is 2.14. The van der Waals surface area contributed by atoms with Crippen molar-refractivity contribution in [3.63, 3.8) is 0 Å². The molecule has 1 fully saturated rings. The molecule has 0 saturated carbocycles. The summed E-state index contributed by atoms with van der Waals surface area (Å²) in [6, 6.07) is 0. The molecule has 1 aromatic heterocycles. The summed E-state index contributed by atoms with van der Waals surface area (Å²) in [6.07, 6.45) is -5.86. The first-order valence-corrected chi connectivity index (χ1v) is 6.30. The number of aliphatic hydroxyl groups excluding tert-OH is 4. The van der Waals surface area contributed by atoms with E-state index in [1.54, 1.807) is 0 Å². The maximum absolute atomic E-state index is 10.9. The number of anilines is 1. The van der Waals surface area contributed by atoms with Crippen molar-refractivity contribution in [2.45, 2.75) is 37.0 Å². The summed E-state index contributed by atoms with van der Waals surface area (Å²) in [5.74, 6) is -2.73. The lowest BCUT2D eigenvalue weighted by atomic mass is 9.96. The van der Waals surface area contributed by atoms with E-state index in [1.807, 2.05) is 0 Å². The lowest BCUT2D eigenvalue weighted by Crippen LogP contribution is -2.67. The Morgan fingerprint density at radius 3 is 2.73 bits per heavy atom. The van der Waals surface area contributed by atoms with Gasteiger partial charge in [-0.1, -0.05) is 0 Å². The Hall–Kier alpha value is -1.60. The van der Waals surface area contributed by atoms with E-state index < -0.39 is 49.3 Å². The van der Waals surface area contributed by atoms with Crippen molar-refractivity contribution < 1.29 is 35.0 Å². The van der Waals surface area contributed by atoms with Crippen molar-refractivity contribution in [2.24, 2.45) is 0 Å². The average Bonchev–Trinajstić information content (AvgIpc) is 2.48. The molecular weight excluding hydrogens is 302 g/mol. The van der Waals surface area contributed by atoms with Crippen LogP contribution >= 0.6 is 0 Å². The predicted molar refractivity (Wildman–Crippen MR) is 69.0 cm³/mol. The smallest absolute Gasteiger partial charge is 0.346 e. The number of aromatic amines is 1. The monoisotopic (exact) mass is 319 g/mol. The van der Waals surface area contributed by atoms with Gasteiger partial charge in [0, 0.05) is 11.8 Å². The molecule has 0 aliphatic carbocycles. The van der Waals surface area contributed by atoms with E-state index in [0.717, 1.165) is 6.20 Å². The molecule has 1 aliphatic rings. The second-order valence-electron chi connectivity index (χ2n) is 4.81. The molecule has 0 amide bonds. The molecule has 0 spiro atoms. The zero-order valence-electron chi connectivity index (χ0n) is 11.3. The van der Waals surface area contributed by atoms with E-state index in [4.69, 9.17) is 20.3 Å². The molecule has 8 N–H and O–H groups in total. The van der Waals surface area contributed by atoms with Gasteiger partial charge < -0.3 is 40.7 Å². The van der Waals surface area contributed by atoms with Crippen LogP contribution in [0, 0.1) is 0 Å². The van der Waals surface area contributed by atoms with Crippen molar-refractivity contribution >= 4 is 5.82 Å². The third-order valence-electron chi connectivity index (χ3n) is 3.35. The number of rotatable bonds is 4. The van der Waals surface area contributed by atoms with Gasteiger partial charge in [-0.15, -0.1) is 0 Å². The number of nitrogen functional groups attached to an aromatic ring is 1. The average molecular weight is 319 g/mol. The number of aliphatic hydroxyl groups is 5. The molecule has 22 heavy (non-hydrogen) atoms. The van der Waals surface area contributed by atoms with Crippen LogP contribution in [0.15, 0.2) is 11.0 Å². The predicted octanol–water partition coefficient (Wildman–Crippen LogP) is -4.01. The molecule has 11 nitrogen and oxygen atoms in total. The Morgan fingerprint density at radius 2 is 2.14 bits per heavy atom. The number of H-pyrrole nitrogens is 1. The first-order chi connectivity index (χ1) is 10.3. The third kappa shape index (κ3) is 2.96. The Labute approximate surface area is 123 Å². The molecular formula is C11H17N3O8. The highest BCUT2D eigenvalue weighted by molar-refractivity contribution is 5.35. The molecule has 2 rings (SSSR count). The molecule has 1 aliphatic heterocycles. The molecule has 0 bridgehead atoms. The van der Waals surface area contributed by atoms with Crippen LogP contribution in [0.25, 0.3) is 0 Å². The minimum atomic E-state index is -2.66. The first kappa shape index (κ1) is 16.8. The standard InChI is InChI=1S/C11H17N3O8/c12-8-4(1-13-10(19)14-8)3-21-11(20)7(17)6(16)5(2-15)22-9(11)18/h1,5-7,9,15-18,20H,2-3H2,(H3,12,13,14,19)/t5-,6-,7+,9?,11-/m1/s1. The molecule has 1 saturated heterocycles. The summed E-state index contributed by atoms with van der Waals surface area (Å²) < 4.78 is 9.80. The van der Waals surface area contributed by atoms with E-state index in [1.165, 1.54) is 0 Å². The number of aromatic nitrogens is 2. The molecule has 5 atom stereocenters. The Kier molecular flexibility index (Phi) is 4.77. The van der Waals surface area contributed by atoms with Crippen molar-refractivity contribution in [1.29, 1.82) is 0 Å². The molecule has 11 heteroatoms. The van der Waals surface area contributed by atoms with Crippen LogP contribution in [0.5, 0.6) is 0 Å². The zero-order valence-corrected chi connectivity index (χ0v) is 11.3. The summed E-state index contributed by atoms with van der Waals surface area (Å²) in [5, 5.41) is 48.4. The zero-order chi connectivity index (χ0) is 16.5. The normalized spacial score (nSPS) is 35.5. The SMILES string of the molecule is Nc1[nH]c(=O)ncc1CO[C@@]1(O)C(O)O[C@H](CO)[C@@H](O)[C@@H]1O. The van der Waals surface area contributed by atoms with Crippen LogP contribution in [0.3, 0.4) is 0 Å². The highest BCUT2D eigenvalue weighted by Crippen LogP contribution is 2.31. The number of nitrogens with zero attached hydrogens (tertiary/aromatic N) is 1. The largest absolute Gasteiger partial charge is 0.394 e. The van der Waals surface area contributed by atoms with Gasteiger partial charge in [0.25, 0.3) is 0 Å². The highest BCUT2D eigenvalue weighted by atomic mass is 16.7. The fraction of sp³-hybridized carbons (Fsp3) is 0.636. The van der Waals surface area contributed by atoms with Gasteiger partial charge in [-0.25, -0.2) is 9.78 Å². The van der Waals surface area contributed by atoms with Crippen LogP contribution in [-0.2, 0) is 16.1 Å². The highest BCUT2D eigenvalue weighted by Gasteiger charge is 2.55. The fourth-order valence-electron chi connectivity index (χ4n) is 1.99. The van der Waals surface area contributed by atoms with E-state index in [2.05, 4.69) is 9.97 Å². The Morgan fingerprint density at radius 1 is 1.45 bits per heavy atom. The quantitative estimate of drug-likeness (QED) is 0.269. The van der Waals surface area contributed by atoms with Crippen molar-refractivity contribution in [2.75, 3.05) is 12.3 Å². The minimum Gasteiger partial charge on any atom is -0.394 e. The lowest BCUT2D eigenvalue weighted by Gasteiger charge is -2.45. The van der Waals surface area contributed by atoms with Gasteiger partial charge in [0.05, 0.1) is 13.2 Å². The summed E-state index contributed by atoms with van der Waals surface area (Å²) >= 11 is 0. The van der Waals surface area contributed by atoms with Crippen LogP contribution in [0.4, 0.5) is 5.82 Å². The molecule has 0 radical (unpaired) electrons. The maximum atomic E-state index is 10.9. The van der Waals surface area contributed by atoms with Crippen molar-refractivity contribution in [1.82, 2.24) is 9.97 Å². The van der Waals surface area contributed by atoms with Gasteiger partial charge in [-0.05, 0) is 0 Å². The van der Waals surface area contributed by atoms with Crippen LogP contribution in [-0.4, -0.2) is 72.5 Å². The summed E-state index contributed by atoms with van der Waals surface area (Å²) in [7, 11) is 0. The number of nitrogens with one attached hydrogen (secondary N) is 1. The minimum absolute atomic E-state index is 0.0712. The number of nitrogens with two attached hydrogens (primary N) is 1. The molecule has 2 heterocycles. The fourth-order valence-corrected chi connectivity index (χ4v) is 1.99. The van der Waals surface area contributed by atoms with E-state index >= 15 is 0 Å². The van der Waals surface area contributed by atoms with Gasteiger partial charge in [0.1, 0.15) is 24.1 Å². The number of hydrogen-bond acceptors (Lipinski definition) is 10. The van der Waals surface area contributed by atoms with Gasteiger partial charge in [0.15, 0.2) is 0 Å². The van der Waals surface area contributed by atoms with E-state index in [9.17, 15) is 25.2 Å². The number of hydrogen-bond donors (Lipinski definition) is 7. The lowest BCUT2D eigenvalue weighted by molar-refractivity contribution is -0.411. The second-order valence-corrected chi connectivity index (χ2v) is 4.81. The Bertz CT molecular complexity index is 581. The third-order valence-corrected chi connectivity index (χ3v) is 3.35. The molecule has 1 aromatic rings. The van der Waals surface area contributed by atoms with E-state index in [-0.39, 0.29) is 11.4 Å². The topological polar surface area (TPSA) is 191 Å². The second kappa shape index (κ2) is 6.26. The first-order valence-electron chi connectivity index (χ1n) is 6.30. The molecule has 124 valence electrons. The van der Waals surface area contributed by atoms with Gasteiger partial charge in [-0.3, -0.25) is 4.98 Å². The van der Waals surface area contributed by atoms with Gasteiger partial charge in [-0.2, -0.15) is 0 Å². The van der Waals surface area contributed by atoms with Crippen molar-refractivity contribution in [3.8, 4) is 0 Å². The van der Waals surface area contributed by atoms with Gasteiger partial charge in [0.2, 0.25) is 12.1 Å². The van der Waals surface area contributed by atoms with Crippen molar-refractivity contribution in [3.05, 3.63) is 22.2 Å². The van der Waals surface area contributed by atoms with E-state index in [0.29, 0.717) is 0 Å². The summed E-state index contributed by atoms with van der Waals surface area (Å²) in [4.78, 5) is 16.5. The van der Waals surface area contributed by atoms with Crippen LogP contribution in [0.1, 0.15) is 5.56 Å². The maximum Gasteiger partial charge on any atom is 0.346 e. The van der Waals surface area contributed by atoms with Crippen LogP contribution in [0.2, 0.25) is 0 Å².